The summed E-state index contributed by atoms with van der Waals surface area (Å²) in [7, 11) is 1.48. The van der Waals surface area contributed by atoms with Gasteiger partial charge in [0.2, 0.25) is 0 Å². The van der Waals surface area contributed by atoms with Crippen molar-refractivity contribution in [3.05, 3.63) is 35.4 Å². The Bertz CT molecular complexity index is 592. The highest BCUT2D eigenvalue weighted by molar-refractivity contribution is 5.69. The van der Waals surface area contributed by atoms with Crippen LogP contribution < -0.4 is 0 Å². The van der Waals surface area contributed by atoms with Crippen LogP contribution in [-0.4, -0.2) is 61.1 Å². The molecule has 1 aromatic carbocycles. The summed E-state index contributed by atoms with van der Waals surface area (Å²) in [6.07, 6.45) is 3.14. The van der Waals surface area contributed by atoms with Crippen LogP contribution in [0.4, 0.5) is 0 Å². The Kier molecular flexibility index (Phi) is 4.35. The molecule has 130 valence electrons. The maximum absolute atomic E-state index is 11.6. The number of fused-ring (bicyclic) bond motifs is 2. The molecule has 0 radical (unpaired) electrons. The summed E-state index contributed by atoms with van der Waals surface area (Å²) in [5, 5.41) is 0. The van der Waals surface area contributed by atoms with Crippen molar-refractivity contribution in [2.45, 2.75) is 44.2 Å². The van der Waals surface area contributed by atoms with Crippen molar-refractivity contribution < 1.29 is 9.53 Å². The van der Waals surface area contributed by atoms with E-state index < -0.39 is 0 Å². The van der Waals surface area contributed by atoms with Crippen molar-refractivity contribution in [2.24, 2.45) is 5.92 Å². The number of likely N-dealkylation sites (tertiary alicyclic amines) is 1. The lowest BCUT2D eigenvalue weighted by atomic mass is 9.75. The molecule has 0 unspecified atom stereocenters. The highest BCUT2D eigenvalue weighted by Crippen LogP contribution is 2.46. The Hall–Kier alpha value is -1.39. The van der Waals surface area contributed by atoms with Crippen molar-refractivity contribution >= 4 is 5.97 Å². The van der Waals surface area contributed by atoms with Gasteiger partial charge in [0.05, 0.1) is 13.5 Å². The third-order valence-corrected chi connectivity index (χ3v) is 6.43. The number of carbonyl (C=O) groups excluding carboxylic acids is 1. The van der Waals surface area contributed by atoms with Crippen molar-refractivity contribution in [3.63, 3.8) is 0 Å². The topological polar surface area (TPSA) is 32.8 Å². The van der Waals surface area contributed by atoms with Gasteiger partial charge in [0.15, 0.2) is 0 Å². The van der Waals surface area contributed by atoms with E-state index in [4.69, 9.17) is 4.74 Å². The lowest BCUT2D eigenvalue weighted by Gasteiger charge is -2.51. The molecule has 4 saturated heterocycles. The third-order valence-electron chi connectivity index (χ3n) is 6.43. The van der Waals surface area contributed by atoms with Crippen LogP contribution >= 0.6 is 0 Å². The average Bonchev–Trinajstić information content (AvgIpc) is 3.03. The summed E-state index contributed by atoms with van der Waals surface area (Å²) in [6, 6.07) is 10.3. The van der Waals surface area contributed by atoms with E-state index in [1.165, 1.54) is 44.2 Å². The van der Waals surface area contributed by atoms with Gasteiger partial charge in [-0.2, -0.15) is 0 Å². The first-order valence-corrected chi connectivity index (χ1v) is 9.29. The van der Waals surface area contributed by atoms with Gasteiger partial charge in [-0.1, -0.05) is 29.8 Å². The fraction of sp³-hybridized carbons (Fsp3) is 0.650. The predicted molar refractivity (Wildman–Crippen MR) is 94.0 cm³/mol. The number of nitrogens with zero attached hydrogens (tertiary/aromatic N) is 2. The van der Waals surface area contributed by atoms with E-state index in [9.17, 15) is 4.79 Å². The number of ether oxygens (including phenoxy) is 1. The molecule has 4 heterocycles. The maximum atomic E-state index is 11.6. The smallest absolute Gasteiger partial charge is 0.306 e. The molecule has 0 aromatic heterocycles. The molecule has 24 heavy (non-hydrogen) atoms. The van der Waals surface area contributed by atoms with Crippen molar-refractivity contribution in [2.75, 3.05) is 33.3 Å². The Morgan fingerprint density at radius 2 is 1.88 bits per heavy atom. The van der Waals surface area contributed by atoms with Crippen LogP contribution in [0.2, 0.25) is 0 Å². The first-order valence-electron chi connectivity index (χ1n) is 9.29. The van der Waals surface area contributed by atoms with Crippen LogP contribution in [0.1, 0.15) is 36.3 Å². The second-order valence-electron chi connectivity index (χ2n) is 7.69. The van der Waals surface area contributed by atoms with Gasteiger partial charge in [-0.15, -0.1) is 0 Å². The van der Waals surface area contributed by atoms with Crippen LogP contribution in [-0.2, 0) is 9.53 Å². The Morgan fingerprint density at radius 3 is 2.54 bits per heavy atom. The molecule has 0 N–H and O–H groups in total. The SMILES string of the molecule is COC(=O)CCN1C[C@H](c2ccc(C)cc2)[C@@H]2[C@H]1C1CCN2CC1. The zero-order valence-corrected chi connectivity index (χ0v) is 14.8. The number of hydrogen-bond acceptors (Lipinski definition) is 4. The van der Waals surface area contributed by atoms with E-state index in [0.717, 1.165) is 19.0 Å². The van der Waals surface area contributed by atoms with Crippen LogP contribution in [0.15, 0.2) is 24.3 Å². The predicted octanol–water partition coefficient (Wildman–Crippen LogP) is 2.42. The van der Waals surface area contributed by atoms with E-state index in [2.05, 4.69) is 41.0 Å². The van der Waals surface area contributed by atoms with Crippen LogP contribution in [0.3, 0.4) is 0 Å². The summed E-state index contributed by atoms with van der Waals surface area (Å²) in [5.74, 6) is 1.27. The molecular formula is C20H28N2O2. The molecule has 0 saturated carbocycles. The summed E-state index contributed by atoms with van der Waals surface area (Å²) in [4.78, 5) is 16.9. The van der Waals surface area contributed by atoms with E-state index in [0.29, 0.717) is 24.4 Å². The number of esters is 1. The van der Waals surface area contributed by atoms with E-state index in [1.54, 1.807) is 0 Å². The first-order chi connectivity index (χ1) is 11.7. The number of rotatable bonds is 4. The molecule has 0 aliphatic carbocycles. The largest absolute Gasteiger partial charge is 0.469 e. The standard InChI is InChI=1S/C20H28N2O2/c1-14-3-5-15(6-4-14)17-13-22(12-9-18(23)24-2)19-16-7-10-21(11-8-16)20(17)19/h3-6,16-17,19-20H,7-13H2,1-2H3/t17-,19-,20-/m1/s1. The van der Waals surface area contributed by atoms with Crippen molar-refractivity contribution in [1.29, 1.82) is 0 Å². The number of hydrogen-bond donors (Lipinski definition) is 0. The second-order valence-corrected chi connectivity index (χ2v) is 7.69. The lowest BCUT2D eigenvalue weighted by molar-refractivity contribution is -0.141. The molecule has 4 nitrogen and oxygen atoms in total. The zero-order chi connectivity index (χ0) is 16.7. The molecular weight excluding hydrogens is 300 g/mol. The van der Waals surface area contributed by atoms with E-state index in [1.807, 2.05) is 0 Å². The summed E-state index contributed by atoms with van der Waals surface area (Å²) < 4.78 is 4.86. The number of methoxy groups -OCH3 is 1. The van der Waals surface area contributed by atoms with Gasteiger partial charge >= 0.3 is 5.97 Å². The summed E-state index contributed by atoms with van der Waals surface area (Å²) in [6.45, 7) is 6.55. The minimum absolute atomic E-state index is 0.0911. The highest BCUT2D eigenvalue weighted by atomic mass is 16.5. The summed E-state index contributed by atoms with van der Waals surface area (Å²) >= 11 is 0. The molecule has 2 bridgehead atoms. The maximum Gasteiger partial charge on any atom is 0.306 e. The monoisotopic (exact) mass is 328 g/mol. The second kappa shape index (κ2) is 6.49. The van der Waals surface area contributed by atoms with Gasteiger partial charge in [0.25, 0.3) is 0 Å². The molecule has 3 atom stereocenters. The zero-order valence-electron chi connectivity index (χ0n) is 14.8. The Balaban J connectivity index is 1.58. The Morgan fingerprint density at radius 1 is 1.17 bits per heavy atom. The fourth-order valence-corrected chi connectivity index (χ4v) is 5.24. The van der Waals surface area contributed by atoms with Crippen molar-refractivity contribution in [1.82, 2.24) is 9.80 Å². The quantitative estimate of drug-likeness (QED) is 0.795. The number of carbonyl (C=O) groups is 1. The highest BCUT2D eigenvalue weighted by Gasteiger charge is 2.52. The van der Waals surface area contributed by atoms with Gasteiger partial charge in [-0.25, -0.2) is 0 Å². The fourth-order valence-electron chi connectivity index (χ4n) is 5.24. The Labute approximate surface area is 144 Å². The molecule has 4 aliphatic rings. The molecule has 5 rings (SSSR count). The first kappa shape index (κ1) is 16.1. The molecule has 0 spiro atoms. The number of benzene rings is 1. The minimum atomic E-state index is -0.0911. The van der Waals surface area contributed by atoms with Gasteiger partial charge < -0.3 is 4.74 Å². The third kappa shape index (κ3) is 2.76. The average molecular weight is 328 g/mol. The van der Waals surface area contributed by atoms with E-state index in [-0.39, 0.29) is 5.97 Å². The molecule has 0 amide bonds. The van der Waals surface area contributed by atoms with Gasteiger partial charge in [0.1, 0.15) is 0 Å². The van der Waals surface area contributed by atoms with Gasteiger partial charge in [0, 0.05) is 31.1 Å². The molecule has 4 heteroatoms. The minimum Gasteiger partial charge on any atom is -0.469 e. The van der Waals surface area contributed by atoms with E-state index >= 15 is 0 Å². The van der Waals surface area contributed by atoms with Crippen molar-refractivity contribution in [3.8, 4) is 0 Å². The van der Waals surface area contributed by atoms with Crippen LogP contribution in [0, 0.1) is 12.8 Å². The van der Waals surface area contributed by atoms with Crippen LogP contribution in [0.25, 0.3) is 0 Å². The lowest BCUT2D eigenvalue weighted by Crippen LogP contribution is -2.60. The molecule has 1 aromatic rings. The van der Waals surface area contributed by atoms with Gasteiger partial charge in [-0.3, -0.25) is 14.6 Å². The molecule has 4 aliphatic heterocycles. The number of aryl methyl sites for hydroxylation is 1. The number of piperidine rings is 3. The summed E-state index contributed by atoms with van der Waals surface area (Å²) in [5.41, 5.74) is 2.78. The molecule has 4 fully saturated rings. The normalized spacial score (nSPS) is 35.0. The van der Waals surface area contributed by atoms with Crippen LogP contribution in [0.5, 0.6) is 0 Å². The van der Waals surface area contributed by atoms with Gasteiger partial charge in [-0.05, 0) is 44.3 Å².